The Labute approximate surface area is 116 Å². The van der Waals surface area contributed by atoms with Crippen molar-refractivity contribution in [3.05, 3.63) is 0 Å². The summed E-state index contributed by atoms with van der Waals surface area (Å²) < 4.78 is 5.19. The Hall–Kier alpha value is -1.83. The minimum absolute atomic E-state index is 0.0115. The van der Waals surface area contributed by atoms with Crippen LogP contribution in [-0.2, 0) is 19.2 Å². The van der Waals surface area contributed by atoms with Gasteiger partial charge >= 0.3 is 12.1 Å². The third kappa shape index (κ3) is 2.84. The molecule has 2 atom stereocenters. The zero-order chi connectivity index (χ0) is 15.1. The molecule has 2 aliphatic heterocycles. The zero-order valence-corrected chi connectivity index (χ0v) is 11.6. The van der Waals surface area contributed by atoms with Gasteiger partial charge in [0.05, 0.1) is 13.0 Å². The van der Waals surface area contributed by atoms with Gasteiger partial charge in [-0.3, -0.25) is 14.5 Å². The first-order chi connectivity index (χ1) is 9.12. The average molecular weight is 286 g/mol. The van der Waals surface area contributed by atoms with Crippen LogP contribution >= 0.6 is 0 Å². The molecule has 0 unspecified atom stereocenters. The number of hydroxylamine groups is 1. The number of nitrogens with zero attached hydrogens (tertiary/aromatic N) is 1. The number of carboxylic acids is 1. The number of carbonyl (C=O) groups excluding carboxylic acids is 2. The molecule has 2 N–H and O–H groups in total. The van der Waals surface area contributed by atoms with Crippen molar-refractivity contribution in [3.63, 3.8) is 0 Å². The van der Waals surface area contributed by atoms with Crippen LogP contribution in [0.2, 0.25) is 0 Å². The summed E-state index contributed by atoms with van der Waals surface area (Å²) in [4.78, 5) is 40.9. The molecule has 8 heteroatoms. The maximum Gasteiger partial charge on any atom is 0.411 e. The van der Waals surface area contributed by atoms with Crippen molar-refractivity contribution in [1.29, 1.82) is 0 Å². The van der Waals surface area contributed by atoms with Gasteiger partial charge in [-0.25, -0.2) is 15.1 Å². The van der Waals surface area contributed by atoms with Crippen molar-refractivity contribution in [3.8, 4) is 0 Å². The highest BCUT2D eigenvalue weighted by atomic mass is 16.7. The zero-order valence-electron chi connectivity index (χ0n) is 11.6. The quantitative estimate of drug-likeness (QED) is 0.717. The van der Waals surface area contributed by atoms with Crippen LogP contribution in [0.25, 0.3) is 0 Å². The Bertz CT molecular complexity index is 457. The molecule has 2 fully saturated rings. The van der Waals surface area contributed by atoms with E-state index < -0.39 is 29.3 Å². The third-order valence-electron chi connectivity index (χ3n) is 3.18. The predicted molar refractivity (Wildman–Crippen MR) is 65.6 cm³/mol. The van der Waals surface area contributed by atoms with Gasteiger partial charge in [0.2, 0.25) is 5.91 Å². The topological polar surface area (TPSA) is 105 Å². The molecule has 2 saturated heterocycles. The Morgan fingerprint density at radius 3 is 2.60 bits per heavy atom. The Morgan fingerprint density at radius 1 is 1.50 bits per heavy atom. The summed E-state index contributed by atoms with van der Waals surface area (Å²) in [5, 5.41) is 9.23. The predicted octanol–water partition coefficient (Wildman–Crippen LogP) is 0.271. The van der Waals surface area contributed by atoms with Crippen molar-refractivity contribution in [1.82, 2.24) is 10.4 Å². The molecule has 0 aromatic rings. The van der Waals surface area contributed by atoms with Gasteiger partial charge in [-0.1, -0.05) is 0 Å². The van der Waals surface area contributed by atoms with Gasteiger partial charge in [0.15, 0.2) is 0 Å². The average Bonchev–Trinajstić information content (AvgIpc) is 2.81. The number of aliphatic carboxylic acids is 1. The van der Waals surface area contributed by atoms with Gasteiger partial charge in [-0.05, 0) is 20.8 Å². The van der Waals surface area contributed by atoms with Crippen LogP contribution in [-0.4, -0.2) is 51.8 Å². The molecule has 2 aliphatic rings. The van der Waals surface area contributed by atoms with Crippen molar-refractivity contribution >= 4 is 18.0 Å². The maximum atomic E-state index is 12.1. The number of carboxylic acid groups (broad SMARTS) is 1. The van der Waals surface area contributed by atoms with E-state index in [0.717, 1.165) is 4.90 Å². The summed E-state index contributed by atoms with van der Waals surface area (Å²) in [6, 6.07) is -1.06. The van der Waals surface area contributed by atoms with Gasteiger partial charge in [0, 0.05) is 6.42 Å². The molecule has 2 heterocycles. The van der Waals surface area contributed by atoms with Crippen LogP contribution in [0, 0.1) is 0 Å². The van der Waals surface area contributed by atoms with Crippen LogP contribution in [0.15, 0.2) is 0 Å². The van der Waals surface area contributed by atoms with Gasteiger partial charge in [0.1, 0.15) is 17.2 Å². The molecule has 1 spiro atoms. The number of carbonyl (C=O) groups is 3. The Kier molecular flexibility index (Phi) is 3.37. The number of ether oxygens (including phenoxy) is 1. The summed E-state index contributed by atoms with van der Waals surface area (Å²) in [5.74, 6) is -1.46. The van der Waals surface area contributed by atoms with Crippen molar-refractivity contribution in [2.75, 3.05) is 6.54 Å². The summed E-state index contributed by atoms with van der Waals surface area (Å²) in [6.07, 6.45) is -0.624. The van der Waals surface area contributed by atoms with Gasteiger partial charge < -0.3 is 9.84 Å². The summed E-state index contributed by atoms with van der Waals surface area (Å²) in [7, 11) is 0. The first-order valence-electron chi connectivity index (χ1n) is 6.31. The lowest BCUT2D eigenvalue weighted by Gasteiger charge is -2.27. The number of nitrogens with one attached hydrogen (secondary N) is 1. The van der Waals surface area contributed by atoms with Crippen LogP contribution in [0.3, 0.4) is 0 Å². The molecule has 0 saturated carbocycles. The fourth-order valence-corrected chi connectivity index (χ4v) is 2.41. The van der Waals surface area contributed by atoms with Crippen LogP contribution in [0.5, 0.6) is 0 Å². The summed E-state index contributed by atoms with van der Waals surface area (Å²) in [6.45, 7) is 5.11. The van der Waals surface area contributed by atoms with Gasteiger partial charge in [-0.15, -0.1) is 0 Å². The van der Waals surface area contributed by atoms with Crippen molar-refractivity contribution < 1.29 is 29.1 Å². The molecule has 0 radical (unpaired) electrons. The molecular formula is C12H18N2O6. The fourth-order valence-electron chi connectivity index (χ4n) is 2.41. The van der Waals surface area contributed by atoms with E-state index in [1.165, 1.54) is 0 Å². The Morgan fingerprint density at radius 2 is 2.15 bits per heavy atom. The van der Waals surface area contributed by atoms with Crippen molar-refractivity contribution in [2.24, 2.45) is 0 Å². The molecule has 112 valence electrons. The molecule has 8 nitrogen and oxygen atoms in total. The minimum Gasteiger partial charge on any atom is -0.480 e. The van der Waals surface area contributed by atoms with E-state index in [0.29, 0.717) is 0 Å². The second-order valence-electron chi connectivity index (χ2n) is 6.15. The number of hydrogen-bond donors (Lipinski definition) is 2. The Balaban J connectivity index is 2.16. The smallest absolute Gasteiger partial charge is 0.411 e. The highest BCUT2D eigenvalue weighted by Crippen LogP contribution is 2.36. The maximum absolute atomic E-state index is 12.1. The molecule has 0 bridgehead atoms. The van der Waals surface area contributed by atoms with E-state index in [9.17, 15) is 19.5 Å². The summed E-state index contributed by atoms with van der Waals surface area (Å²) in [5.41, 5.74) is 0.512. The van der Waals surface area contributed by atoms with E-state index >= 15 is 0 Å². The van der Waals surface area contributed by atoms with Crippen LogP contribution in [0.1, 0.15) is 33.6 Å². The standard InChI is InChI=1S/C12H18N2O6/c1-11(2,3)19-10(18)14-6-12(4-7(14)9(16)17)5-8(15)13-20-12/h7H,4-6H2,1-3H3,(H,13,15)(H,16,17)/t7-,12-/m0/s1. The highest BCUT2D eigenvalue weighted by molar-refractivity contribution is 5.83. The van der Waals surface area contributed by atoms with E-state index in [2.05, 4.69) is 5.48 Å². The first-order valence-corrected chi connectivity index (χ1v) is 6.31. The number of rotatable bonds is 1. The van der Waals surface area contributed by atoms with E-state index in [1.807, 2.05) is 0 Å². The monoisotopic (exact) mass is 286 g/mol. The lowest BCUT2D eigenvalue weighted by atomic mass is 9.97. The molecule has 0 aromatic heterocycles. The third-order valence-corrected chi connectivity index (χ3v) is 3.18. The molecule has 0 aliphatic carbocycles. The lowest BCUT2D eigenvalue weighted by Crippen LogP contribution is -2.44. The summed E-state index contributed by atoms with van der Waals surface area (Å²) >= 11 is 0. The fraction of sp³-hybridized carbons (Fsp3) is 0.750. The second-order valence-corrected chi connectivity index (χ2v) is 6.15. The van der Waals surface area contributed by atoms with E-state index in [4.69, 9.17) is 9.57 Å². The molecule has 2 rings (SSSR count). The normalized spacial score (nSPS) is 29.6. The first kappa shape index (κ1) is 14.6. The SMILES string of the molecule is CC(C)(C)OC(=O)N1C[C@@]2(CC(=O)NO2)C[C@H]1C(=O)O. The van der Waals surface area contributed by atoms with Crippen LogP contribution in [0.4, 0.5) is 4.79 Å². The van der Waals surface area contributed by atoms with E-state index in [1.54, 1.807) is 20.8 Å². The molecule has 0 aromatic carbocycles. The lowest BCUT2D eigenvalue weighted by molar-refractivity contribution is -0.142. The largest absolute Gasteiger partial charge is 0.480 e. The minimum atomic E-state index is -1.14. The van der Waals surface area contributed by atoms with Gasteiger partial charge in [0.25, 0.3) is 0 Å². The van der Waals surface area contributed by atoms with Gasteiger partial charge in [-0.2, -0.15) is 0 Å². The molecule has 20 heavy (non-hydrogen) atoms. The highest BCUT2D eigenvalue weighted by Gasteiger charge is 2.54. The number of likely N-dealkylation sites (tertiary alicyclic amines) is 1. The second kappa shape index (κ2) is 4.62. The molecule has 2 amide bonds. The van der Waals surface area contributed by atoms with E-state index in [-0.39, 0.29) is 25.3 Å². The number of hydrogen-bond acceptors (Lipinski definition) is 5. The van der Waals surface area contributed by atoms with Crippen LogP contribution < -0.4 is 5.48 Å². The number of amides is 2. The van der Waals surface area contributed by atoms with Crippen molar-refractivity contribution in [2.45, 2.75) is 50.9 Å². The molecular weight excluding hydrogens is 268 g/mol.